The van der Waals surface area contributed by atoms with Crippen LogP contribution in [0.2, 0.25) is 5.02 Å². The fourth-order valence-corrected chi connectivity index (χ4v) is 3.74. The summed E-state index contributed by atoms with van der Waals surface area (Å²) in [6.45, 7) is 2.62. The molecule has 2 N–H and O–H groups in total. The number of rotatable bonds is 3. The van der Waals surface area contributed by atoms with Gasteiger partial charge in [0.05, 0.1) is 12.2 Å². The highest BCUT2D eigenvalue weighted by molar-refractivity contribution is 6.30. The molecule has 0 bridgehead atoms. The largest absolute Gasteiger partial charge is 0.393 e. The third kappa shape index (κ3) is 4.82. The van der Waals surface area contributed by atoms with Crippen molar-refractivity contribution in [3.63, 3.8) is 0 Å². The van der Waals surface area contributed by atoms with Gasteiger partial charge in [0.2, 0.25) is 5.91 Å². The summed E-state index contributed by atoms with van der Waals surface area (Å²) in [5.74, 6) is -0.0819. The lowest BCUT2D eigenvalue weighted by Gasteiger charge is -2.43. The first-order chi connectivity index (χ1) is 12.0. The molecular formula is C19H25ClN2O3. The van der Waals surface area contributed by atoms with Crippen molar-refractivity contribution >= 4 is 23.6 Å². The van der Waals surface area contributed by atoms with Crippen molar-refractivity contribution < 1.29 is 15.0 Å². The number of hydrogen-bond donors (Lipinski definition) is 2. The summed E-state index contributed by atoms with van der Waals surface area (Å²) in [5, 5.41) is 20.8. The first-order valence-corrected chi connectivity index (χ1v) is 9.23. The Morgan fingerprint density at radius 1 is 1.08 bits per heavy atom. The fourth-order valence-electron chi connectivity index (χ4n) is 3.61. The van der Waals surface area contributed by atoms with Gasteiger partial charge in [-0.05, 0) is 43.0 Å². The molecule has 2 aliphatic rings. The Hall–Kier alpha value is -1.40. The van der Waals surface area contributed by atoms with Crippen molar-refractivity contribution in [1.29, 1.82) is 0 Å². The van der Waals surface area contributed by atoms with Gasteiger partial charge in [0.1, 0.15) is 0 Å². The maximum Gasteiger partial charge on any atom is 0.246 e. The molecule has 0 aliphatic carbocycles. The van der Waals surface area contributed by atoms with Gasteiger partial charge < -0.3 is 15.1 Å². The molecule has 0 spiro atoms. The number of hydrogen-bond acceptors (Lipinski definition) is 4. The molecule has 6 heteroatoms. The summed E-state index contributed by atoms with van der Waals surface area (Å²) in [6, 6.07) is 7.37. The Bertz CT molecular complexity index is 612. The van der Waals surface area contributed by atoms with E-state index in [0.717, 1.165) is 37.9 Å². The smallest absolute Gasteiger partial charge is 0.246 e. The molecule has 2 atom stereocenters. The molecule has 2 heterocycles. The minimum Gasteiger partial charge on any atom is -0.393 e. The Balaban J connectivity index is 1.53. The summed E-state index contributed by atoms with van der Waals surface area (Å²) in [5.41, 5.74) is 0.917. The van der Waals surface area contributed by atoms with Gasteiger partial charge in [0.15, 0.2) is 0 Å². The van der Waals surface area contributed by atoms with Crippen molar-refractivity contribution in [3.8, 4) is 0 Å². The summed E-state index contributed by atoms with van der Waals surface area (Å²) >= 11 is 5.85. The molecule has 0 radical (unpaired) electrons. The van der Waals surface area contributed by atoms with Crippen molar-refractivity contribution in [1.82, 2.24) is 9.80 Å². The van der Waals surface area contributed by atoms with Crippen molar-refractivity contribution in [2.24, 2.45) is 0 Å². The van der Waals surface area contributed by atoms with Crippen molar-refractivity contribution in [2.75, 3.05) is 26.2 Å². The zero-order valence-electron chi connectivity index (χ0n) is 14.2. The Kier molecular flexibility index (Phi) is 6.12. The molecule has 0 unspecified atom stereocenters. The van der Waals surface area contributed by atoms with E-state index in [1.807, 2.05) is 12.1 Å². The Labute approximate surface area is 153 Å². The highest BCUT2D eigenvalue weighted by Crippen LogP contribution is 2.22. The second-order valence-electron chi connectivity index (χ2n) is 6.86. The lowest BCUT2D eigenvalue weighted by Crippen LogP contribution is -2.56. The average molecular weight is 365 g/mol. The maximum absolute atomic E-state index is 12.4. The van der Waals surface area contributed by atoms with Crippen LogP contribution in [-0.4, -0.2) is 70.3 Å². The average Bonchev–Trinajstić information content (AvgIpc) is 2.62. The summed E-state index contributed by atoms with van der Waals surface area (Å²) in [4.78, 5) is 16.3. The number of carbonyl (C=O) groups excluding carboxylic acids is 1. The number of carbonyl (C=O) groups is 1. The molecule has 136 valence electrons. The second kappa shape index (κ2) is 8.32. The lowest BCUT2D eigenvalue weighted by atomic mass is 9.96. The first kappa shape index (κ1) is 18.4. The predicted octanol–water partition coefficient (Wildman–Crippen LogP) is 1.77. The minimum absolute atomic E-state index is 0.0804. The number of aliphatic hydroxyl groups excluding tert-OH is 2. The van der Waals surface area contributed by atoms with Gasteiger partial charge in [-0.3, -0.25) is 9.69 Å². The molecule has 1 aromatic carbocycles. The van der Waals surface area contributed by atoms with Gasteiger partial charge >= 0.3 is 0 Å². The molecule has 2 saturated heterocycles. The molecule has 0 aromatic heterocycles. The van der Waals surface area contributed by atoms with Crippen LogP contribution in [0, 0.1) is 0 Å². The van der Waals surface area contributed by atoms with Gasteiger partial charge in [-0.25, -0.2) is 0 Å². The number of amides is 1. The molecule has 0 saturated carbocycles. The highest BCUT2D eigenvalue weighted by atomic mass is 35.5. The van der Waals surface area contributed by atoms with Crippen LogP contribution in [0.15, 0.2) is 30.3 Å². The van der Waals surface area contributed by atoms with Crippen LogP contribution in [0.4, 0.5) is 0 Å². The third-order valence-electron chi connectivity index (χ3n) is 5.11. The summed E-state index contributed by atoms with van der Waals surface area (Å²) < 4.78 is 0. The third-order valence-corrected chi connectivity index (χ3v) is 5.37. The number of β-amino-alcohol motifs (C(OH)–C–C–N with tert-alkyl or cyclic N) is 1. The Morgan fingerprint density at radius 2 is 1.76 bits per heavy atom. The first-order valence-electron chi connectivity index (χ1n) is 8.85. The van der Waals surface area contributed by atoms with E-state index in [-0.39, 0.29) is 18.1 Å². The molecular weight excluding hydrogens is 340 g/mol. The lowest BCUT2D eigenvalue weighted by molar-refractivity contribution is -0.131. The maximum atomic E-state index is 12.4. The monoisotopic (exact) mass is 364 g/mol. The Morgan fingerprint density at radius 3 is 2.40 bits per heavy atom. The molecule has 2 fully saturated rings. The van der Waals surface area contributed by atoms with E-state index < -0.39 is 6.10 Å². The van der Waals surface area contributed by atoms with E-state index in [1.54, 1.807) is 29.2 Å². The normalized spacial score (nSPS) is 26.3. The van der Waals surface area contributed by atoms with Gasteiger partial charge in [-0.15, -0.1) is 0 Å². The van der Waals surface area contributed by atoms with E-state index >= 15 is 0 Å². The van der Waals surface area contributed by atoms with E-state index in [0.29, 0.717) is 18.1 Å². The van der Waals surface area contributed by atoms with E-state index in [1.165, 1.54) is 0 Å². The van der Waals surface area contributed by atoms with Crippen LogP contribution in [0.1, 0.15) is 24.8 Å². The number of likely N-dealkylation sites (tertiary alicyclic amines) is 2. The molecule has 25 heavy (non-hydrogen) atoms. The number of halogens is 1. The van der Waals surface area contributed by atoms with Crippen molar-refractivity contribution in [3.05, 3.63) is 40.9 Å². The highest BCUT2D eigenvalue weighted by Gasteiger charge is 2.34. The fraction of sp³-hybridized carbons (Fsp3) is 0.526. The summed E-state index contributed by atoms with van der Waals surface area (Å²) in [7, 11) is 0. The van der Waals surface area contributed by atoms with Crippen molar-refractivity contribution in [2.45, 2.75) is 37.5 Å². The zero-order valence-corrected chi connectivity index (χ0v) is 15.0. The standard InChI is InChI=1S/C19H25ClN2O3/c20-15-4-1-14(2-5-15)3-6-19(25)22-12-9-17(18(24)13-22)21-10-7-16(23)8-11-21/h1-6,16-18,23-24H,7-13H2/b6-3+/t17-,18-/m1/s1. The van der Waals surface area contributed by atoms with Crippen LogP contribution < -0.4 is 0 Å². The predicted molar refractivity (Wildman–Crippen MR) is 98.3 cm³/mol. The van der Waals surface area contributed by atoms with Gasteiger partial charge in [0.25, 0.3) is 0 Å². The minimum atomic E-state index is -0.545. The van der Waals surface area contributed by atoms with E-state index in [2.05, 4.69) is 4.90 Å². The number of piperidine rings is 2. The van der Waals surface area contributed by atoms with E-state index in [9.17, 15) is 15.0 Å². The molecule has 1 amide bonds. The molecule has 2 aliphatic heterocycles. The SMILES string of the molecule is O=C(/C=C/c1ccc(Cl)cc1)N1CC[C@@H](N2CCC(O)CC2)[C@H](O)C1. The summed E-state index contributed by atoms with van der Waals surface area (Å²) in [6.07, 6.45) is 4.84. The van der Waals surface area contributed by atoms with Gasteiger partial charge in [-0.2, -0.15) is 0 Å². The topological polar surface area (TPSA) is 64.0 Å². The van der Waals surface area contributed by atoms with Gasteiger partial charge in [-0.1, -0.05) is 23.7 Å². The number of benzene rings is 1. The van der Waals surface area contributed by atoms with Crippen LogP contribution >= 0.6 is 11.6 Å². The molecule has 5 nitrogen and oxygen atoms in total. The van der Waals surface area contributed by atoms with Gasteiger partial charge in [0, 0.05) is 43.3 Å². The van der Waals surface area contributed by atoms with Crippen LogP contribution in [0.25, 0.3) is 6.08 Å². The second-order valence-corrected chi connectivity index (χ2v) is 7.30. The molecule has 1 aromatic rings. The van der Waals surface area contributed by atoms with Crippen LogP contribution in [0.3, 0.4) is 0 Å². The number of nitrogens with zero attached hydrogens (tertiary/aromatic N) is 2. The number of aliphatic hydroxyl groups is 2. The van der Waals surface area contributed by atoms with E-state index in [4.69, 9.17) is 11.6 Å². The molecule has 3 rings (SSSR count). The quantitative estimate of drug-likeness (QED) is 0.802. The van der Waals surface area contributed by atoms with Crippen LogP contribution in [-0.2, 0) is 4.79 Å². The van der Waals surface area contributed by atoms with Crippen LogP contribution in [0.5, 0.6) is 0 Å². The zero-order chi connectivity index (χ0) is 17.8.